The van der Waals surface area contributed by atoms with Gasteiger partial charge in [0.15, 0.2) is 0 Å². The molecule has 0 saturated heterocycles. The maximum absolute atomic E-state index is 12.9. The van der Waals surface area contributed by atoms with Gasteiger partial charge in [0.25, 0.3) is 5.91 Å². The van der Waals surface area contributed by atoms with Crippen molar-refractivity contribution < 1.29 is 19.4 Å². The standard InChI is InChI=1S/C26H18ClNO4/c27-21-11-9-17(10-12-21)19-13-20(26(30)31)15-22(14-19)28-25(29)18-5-4-8-24(16-18)32-23-6-2-1-3-7-23/h1-16H,(H,28,29)(H,30,31). The van der Waals surface area contributed by atoms with E-state index in [-0.39, 0.29) is 11.5 Å². The fraction of sp³-hybridized carbons (Fsp3) is 0. The molecule has 0 saturated carbocycles. The summed E-state index contributed by atoms with van der Waals surface area (Å²) in [6.45, 7) is 0. The van der Waals surface area contributed by atoms with Crippen molar-refractivity contribution in [1.82, 2.24) is 0 Å². The van der Waals surface area contributed by atoms with Crippen molar-refractivity contribution in [3.63, 3.8) is 0 Å². The molecule has 6 heteroatoms. The minimum atomic E-state index is -1.09. The third-order valence-electron chi connectivity index (χ3n) is 4.69. The molecule has 0 fully saturated rings. The van der Waals surface area contributed by atoms with Crippen molar-refractivity contribution in [1.29, 1.82) is 0 Å². The van der Waals surface area contributed by atoms with Gasteiger partial charge < -0.3 is 15.2 Å². The molecule has 4 aromatic rings. The maximum atomic E-state index is 12.9. The normalized spacial score (nSPS) is 10.4. The molecular weight excluding hydrogens is 426 g/mol. The summed E-state index contributed by atoms with van der Waals surface area (Å²) in [7, 11) is 0. The summed E-state index contributed by atoms with van der Waals surface area (Å²) in [6.07, 6.45) is 0. The van der Waals surface area contributed by atoms with E-state index in [0.717, 1.165) is 5.56 Å². The fourth-order valence-corrected chi connectivity index (χ4v) is 3.29. The van der Waals surface area contributed by atoms with Gasteiger partial charge in [-0.15, -0.1) is 0 Å². The lowest BCUT2D eigenvalue weighted by atomic mass is 10.0. The number of hydrogen-bond acceptors (Lipinski definition) is 3. The van der Waals surface area contributed by atoms with E-state index in [1.165, 1.54) is 6.07 Å². The minimum absolute atomic E-state index is 0.0638. The second-order valence-corrected chi connectivity index (χ2v) is 7.44. The first kappa shape index (κ1) is 21.2. The van der Waals surface area contributed by atoms with E-state index in [1.807, 2.05) is 30.3 Å². The summed E-state index contributed by atoms with van der Waals surface area (Å²) in [5.41, 5.74) is 2.25. The van der Waals surface area contributed by atoms with Crippen LogP contribution in [0.1, 0.15) is 20.7 Å². The predicted octanol–water partition coefficient (Wildman–Crippen LogP) is 6.75. The van der Waals surface area contributed by atoms with Gasteiger partial charge in [0.2, 0.25) is 0 Å². The number of para-hydroxylation sites is 1. The number of hydrogen-bond donors (Lipinski definition) is 2. The van der Waals surface area contributed by atoms with Crippen LogP contribution in [0.2, 0.25) is 5.02 Å². The monoisotopic (exact) mass is 443 g/mol. The highest BCUT2D eigenvalue weighted by Gasteiger charge is 2.13. The van der Waals surface area contributed by atoms with Crippen LogP contribution in [0.15, 0.2) is 97.1 Å². The molecular formula is C26H18ClNO4. The van der Waals surface area contributed by atoms with Crippen LogP contribution >= 0.6 is 11.6 Å². The first-order valence-corrected chi connectivity index (χ1v) is 10.1. The molecule has 0 aliphatic carbocycles. The van der Waals surface area contributed by atoms with Crippen molar-refractivity contribution in [3.8, 4) is 22.6 Å². The van der Waals surface area contributed by atoms with Gasteiger partial charge in [-0.1, -0.05) is 48.0 Å². The lowest BCUT2D eigenvalue weighted by Gasteiger charge is -2.11. The molecule has 0 bridgehead atoms. The van der Waals surface area contributed by atoms with Crippen molar-refractivity contribution in [2.24, 2.45) is 0 Å². The van der Waals surface area contributed by atoms with Crippen molar-refractivity contribution in [2.45, 2.75) is 0 Å². The number of aromatic carboxylic acids is 1. The Morgan fingerprint density at radius 2 is 1.44 bits per heavy atom. The van der Waals surface area contributed by atoms with Gasteiger partial charge in [-0.2, -0.15) is 0 Å². The van der Waals surface area contributed by atoms with Crippen molar-refractivity contribution in [3.05, 3.63) is 113 Å². The number of halogens is 1. The van der Waals surface area contributed by atoms with E-state index in [4.69, 9.17) is 16.3 Å². The topological polar surface area (TPSA) is 75.6 Å². The maximum Gasteiger partial charge on any atom is 0.335 e. The van der Waals surface area contributed by atoms with E-state index in [2.05, 4.69) is 5.32 Å². The third kappa shape index (κ3) is 5.14. The van der Waals surface area contributed by atoms with Crippen LogP contribution in [-0.2, 0) is 0 Å². The lowest BCUT2D eigenvalue weighted by Crippen LogP contribution is -2.12. The number of rotatable bonds is 6. The zero-order valence-electron chi connectivity index (χ0n) is 16.8. The summed E-state index contributed by atoms with van der Waals surface area (Å²) in [5, 5.41) is 12.9. The van der Waals surface area contributed by atoms with Crippen LogP contribution < -0.4 is 10.1 Å². The Balaban J connectivity index is 1.59. The summed E-state index contributed by atoms with van der Waals surface area (Å²) in [4.78, 5) is 24.5. The number of amides is 1. The van der Waals surface area contributed by atoms with Gasteiger partial charge in [-0.05, 0) is 71.8 Å². The predicted molar refractivity (Wildman–Crippen MR) is 125 cm³/mol. The second kappa shape index (κ2) is 9.37. The Hall–Kier alpha value is -4.09. The summed E-state index contributed by atoms with van der Waals surface area (Å²) in [5.74, 6) is -0.292. The number of ether oxygens (including phenoxy) is 1. The number of carboxylic acid groups (broad SMARTS) is 1. The van der Waals surface area contributed by atoms with Crippen LogP contribution in [0.4, 0.5) is 5.69 Å². The molecule has 4 aromatic carbocycles. The van der Waals surface area contributed by atoms with Gasteiger partial charge in [0.1, 0.15) is 11.5 Å². The molecule has 4 rings (SSSR count). The van der Waals surface area contributed by atoms with Crippen LogP contribution in [-0.4, -0.2) is 17.0 Å². The number of anilines is 1. The Morgan fingerprint density at radius 1 is 0.719 bits per heavy atom. The molecule has 0 aliphatic rings. The van der Waals surface area contributed by atoms with E-state index < -0.39 is 5.97 Å². The number of nitrogens with one attached hydrogen (secondary N) is 1. The van der Waals surface area contributed by atoms with Crippen LogP contribution in [0.3, 0.4) is 0 Å². The highest BCUT2D eigenvalue weighted by Crippen LogP contribution is 2.27. The van der Waals surface area contributed by atoms with Gasteiger partial charge in [0, 0.05) is 16.3 Å². The number of benzene rings is 4. The Bertz CT molecular complexity index is 1270. The molecule has 0 radical (unpaired) electrons. The van der Waals surface area contributed by atoms with Gasteiger partial charge in [-0.3, -0.25) is 4.79 Å². The average Bonchev–Trinajstić information content (AvgIpc) is 2.80. The van der Waals surface area contributed by atoms with E-state index in [1.54, 1.807) is 60.7 Å². The van der Waals surface area contributed by atoms with E-state index >= 15 is 0 Å². The van der Waals surface area contributed by atoms with Crippen LogP contribution in [0, 0.1) is 0 Å². The van der Waals surface area contributed by atoms with Gasteiger partial charge >= 0.3 is 5.97 Å². The first-order valence-electron chi connectivity index (χ1n) is 9.76. The first-order chi connectivity index (χ1) is 15.5. The highest BCUT2D eigenvalue weighted by molar-refractivity contribution is 6.30. The zero-order valence-corrected chi connectivity index (χ0v) is 17.5. The molecule has 0 aliphatic heterocycles. The lowest BCUT2D eigenvalue weighted by molar-refractivity contribution is 0.0696. The molecule has 0 unspecified atom stereocenters. The summed E-state index contributed by atoms with van der Waals surface area (Å²) >= 11 is 5.95. The van der Waals surface area contributed by atoms with Gasteiger partial charge in [0.05, 0.1) is 5.56 Å². The Kier molecular flexibility index (Phi) is 6.19. The average molecular weight is 444 g/mol. The zero-order chi connectivity index (χ0) is 22.5. The summed E-state index contributed by atoms with van der Waals surface area (Å²) < 4.78 is 5.79. The van der Waals surface area contributed by atoms with Crippen LogP contribution in [0.25, 0.3) is 11.1 Å². The highest BCUT2D eigenvalue weighted by atomic mass is 35.5. The second-order valence-electron chi connectivity index (χ2n) is 7.01. The molecule has 0 atom stereocenters. The summed E-state index contributed by atoms with van der Waals surface area (Å²) in [6, 6.07) is 27.7. The molecule has 158 valence electrons. The fourth-order valence-electron chi connectivity index (χ4n) is 3.16. The number of carboxylic acids is 1. The molecule has 2 N–H and O–H groups in total. The van der Waals surface area contributed by atoms with Crippen molar-refractivity contribution >= 4 is 29.2 Å². The quantitative estimate of drug-likeness (QED) is 0.345. The van der Waals surface area contributed by atoms with E-state index in [0.29, 0.717) is 33.3 Å². The number of carbonyl (C=O) groups excluding carboxylic acids is 1. The SMILES string of the molecule is O=C(O)c1cc(NC(=O)c2cccc(Oc3ccccc3)c2)cc(-c2ccc(Cl)cc2)c1. The molecule has 0 heterocycles. The molecule has 5 nitrogen and oxygen atoms in total. The number of carbonyl (C=O) groups is 2. The molecule has 0 aromatic heterocycles. The van der Waals surface area contributed by atoms with Crippen LogP contribution in [0.5, 0.6) is 11.5 Å². The largest absolute Gasteiger partial charge is 0.478 e. The molecule has 0 spiro atoms. The van der Waals surface area contributed by atoms with Crippen molar-refractivity contribution in [2.75, 3.05) is 5.32 Å². The van der Waals surface area contributed by atoms with Gasteiger partial charge in [-0.25, -0.2) is 4.79 Å². The Labute approximate surface area is 189 Å². The smallest absolute Gasteiger partial charge is 0.335 e. The third-order valence-corrected chi connectivity index (χ3v) is 4.94. The molecule has 32 heavy (non-hydrogen) atoms. The minimum Gasteiger partial charge on any atom is -0.478 e. The Morgan fingerprint density at radius 3 is 2.16 bits per heavy atom. The molecule has 1 amide bonds. The van der Waals surface area contributed by atoms with E-state index in [9.17, 15) is 14.7 Å².